The first-order chi connectivity index (χ1) is 12.2. The number of nitrogens with zero attached hydrogens (tertiary/aromatic N) is 1. The number of thiocarbonyl (C=S) groups is 1. The van der Waals surface area contributed by atoms with Crippen LogP contribution in [0.4, 0.5) is 5.69 Å². The lowest BCUT2D eigenvalue weighted by molar-refractivity contribution is -0.206. The normalized spacial score (nSPS) is 11.2. The fourth-order valence-corrected chi connectivity index (χ4v) is 2.37. The van der Waals surface area contributed by atoms with Crippen molar-refractivity contribution in [2.45, 2.75) is 33.9 Å². The van der Waals surface area contributed by atoms with Crippen LogP contribution in [0.2, 0.25) is 0 Å². The van der Waals surface area contributed by atoms with Crippen molar-refractivity contribution in [3.05, 3.63) is 65.7 Å². The molecule has 0 fully saturated rings. The zero-order chi connectivity index (χ0) is 19.2. The zero-order valence-electron chi connectivity index (χ0n) is 15.4. The molecule has 0 atom stereocenters. The van der Waals surface area contributed by atoms with E-state index in [-0.39, 0.29) is 11.1 Å². The van der Waals surface area contributed by atoms with Gasteiger partial charge in [-0.3, -0.25) is 0 Å². The molecule has 2 aromatic rings. The van der Waals surface area contributed by atoms with Crippen molar-refractivity contribution in [3.8, 4) is 0 Å². The monoisotopic (exact) mass is 371 g/mol. The van der Waals surface area contributed by atoms with Crippen LogP contribution in [0.3, 0.4) is 0 Å². The van der Waals surface area contributed by atoms with Gasteiger partial charge in [0.15, 0.2) is 5.11 Å². The third kappa shape index (κ3) is 6.46. The molecule has 2 aromatic carbocycles. The summed E-state index contributed by atoms with van der Waals surface area (Å²) >= 11 is 4.88. The van der Waals surface area contributed by atoms with Gasteiger partial charge in [0.2, 0.25) is 0 Å². The maximum absolute atomic E-state index is 12.4. The summed E-state index contributed by atoms with van der Waals surface area (Å²) in [5.74, 6) is -0.272. The highest BCUT2D eigenvalue weighted by Crippen LogP contribution is 2.20. The molecule has 0 aromatic heterocycles. The SMILES string of the molecule is CC(C)(C)C(=O)ON(Cc1ccccc1)Cc1cccc(NC(N)=S)c1. The quantitative estimate of drug-likeness (QED) is 0.594. The molecule has 0 aliphatic rings. The summed E-state index contributed by atoms with van der Waals surface area (Å²) in [5.41, 5.74) is 7.79. The van der Waals surface area contributed by atoms with Gasteiger partial charge in [-0.15, -0.1) is 5.06 Å². The number of nitrogens with one attached hydrogen (secondary N) is 1. The van der Waals surface area contributed by atoms with Gasteiger partial charge in [0, 0.05) is 5.69 Å². The van der Waals surface area contributed by atoms with E-state index in [1.165, 1.54) is 0 Å². The van der Waals surface area contributed by atoms with E-state index in [9.17, 15) is 4.79 Å². The fraction of sp³-hybridized carbons (Fsp3) is 0.300. The van der Waals surface area contributed by atoms with Gasteiger partial charge in [-0.05, 0) is 56.2 Å². The molecule has 2 rings (SSSR count). The zero-order valence-corrected chi connectivity index (χ0v) is 16.2. The predicted molar refractivity (Wildman–Crippen MR) is 108 cm³/mol. The summed E-state index contributed by atoms with van der Waals surface area (Å²) in [5, 5.41) is 4.80. The first kappa shape index (κ1) is 19.9. The molecular formula is C20H25N3O2S. The van der Waals surface area contributed by atoms with Crippen molar-refractivity contribution in [3.63, 3.8) is 0 Å². The molecule has 0 aliphatic heterocycles. The molecule has 0 saturated heterocycles. The van der Waals surface area contributed by atoms with Crippen molar-refractivity contribution < 1.29 is 9.63 Å². The van der Waals surface area contributed by atoms with Crippen LogP contribution in [0.5, 0.6) is 0 Å². The van der Waals surface area contributed by atoms with Gasteiger partial charge >= 0.3 is 5.97 Å². The maximum atomic E-state index is 12.4. The largest absolute Gasteiger partial charge is 0.376 e. The van der Waals surface area contributed by atoms with Crippen LogP contribution in [0, 0.1) is 5.41 Å². The molecule has 0 bridgehead atoms. The summed E-state index contributed by atoms with van der Waals surface area (Å²) < 4.78 is 0. The Labute approximate surface area is 160 Å². The Morgan fingerprint density at radius 3 is 2.31 bits per heavy atom. The molecule has 6 heteroatoms. The number of benzene rings is 2. The molecule has 0 spiro atoms. The van der Waals surface area contributed by atoms with E-state index < -0.39 is 5.41 Å². The number of carbonyl (C=O) groups is 1. The fourth-order valence-electron chi connectivity index (χ4n) is 2.26. The molecule has 0 aliphatic carbocycles. The standard InChI is InChI=1S/C20H25N3O2S/c1-20(2,3)18(24)25-23(13-15-8-5-4-6-9-15)14-16-10-7-11-17(12-16)22-19(21)26/h4-12H,13-14H2,1-3H3,(H3,21,22,26). The van der Waals surface area contributed by atoms with Crippen molar-refractivity contribution >= 4 is 29.0 Å². The van der Waals surface area contributed by atoms with E-state index >= 15 is 0 Å². The van der Waals surface area contributed by atoms with Crippen molar-refractivity contribution in [2.24, 2.45) is 11.1 Å². The maximum Gasteiger partial charge on any atom is 0.330 e. The van der Waals surface area contributed by atoms with Gasteiger partial charge in [0.1, 0.15) is 0 Å². The second-order valence-electron chi connectivity index (χ2n) is 7.10. The van der Waals surface area contributed by atoms with Crippen molar-refractivity contribution in [2.75, 3.05) is 5.32 Å². The van der Waals surface area contributed by atoms with E-state index in [1.807, 2.05) is 75.4 Å². The topological polar surface area (TPSA) is 67.6 Å². The van der Waals surface area contributed by atoms with E-state index in [0.717, 1.165) is 16.8 Å². The second kappa shape index (κ2) is 8.78. The minimum absolute atomic E-state index is 0.211. The molecule has 0 amide bonds. The summed E-state index contributed by atoms with van der Waals surface area (Å²) in [6.45, 7) is 6.45. The molecule has 138 valence electrons. The lowest BCUT2D eigenvalue weighted by atomic mass is 9.98. The van der Waals surface area contributed by atoms with Crippen LogP contribution in [0.25, 0.3) is 0 Å². The van der Waals surface area contributed by atoms with Gasteiger partial charge in [0.25, 0.3) is 0 Å². The summed E-state index contributed by atoms with van der Waals surface area (Å²) in [6, 6.07) is 17.6. The first-order valence-corrected chi connectivity index (χ1v) is 8.81. The Kier molecular flexibility index (Phi) is 6.71. The number of nitrogens with two attached hydrogens (primary N) is 1. The van der Waals surface area contributed by atoms with Crippen molar-refractivity contribution in [1.82, 2.24) is 5.06 Å². The second-order valence-corrected chi connectivity index (χ2v) is 7.54. The molecule has 3 N–H and O–H groups in total. The lowest BCUT2D eigenvalue weighted by Gasteiger charge is -2.26. The number of hydroxylamine groups is 2. The predicted octanol–water partition coefficient (Wildman–Crippen LogP) is 3.85. The minimum atomic E-state index is -0.579. The van der Waals surface area contributed by atoms with Crippen molar-refractivity contribution in [1.29, 1.82) is 0 Å². The first-order valence-electron chi connectivity index (χ1n) is 8.41. The van der Waals surface area contributed by atoms with Gasteiger partial charge in [-0.25, -0.2) is 4.79 Å². The van der Waals surface area contributed by atoms with Gasteiger partial charge in [-0.2, -0.15) is 0 Å². The molecule has 0 radical (unpaired) electrons. The van der Waals surface area contributed by atoms with Crippen LogP contribution in [-0.4, -0.2) is 16.1 Å². The Hall–Kier alpha value is -2.44. The highest BCUT2D eigenvalue weighted by Gasteiger charge is 2.26. The summed E-state index contributed by atoms with van der Waals surface area (Å²) in [7, 11) is 0. The van der Waals surface area contributed by atoms with Gasteiger partial charge < -0.3 is 15.9 Å². The molecule has 0 saturated carbocycles. The third-order valence-corrected chi connectivity index (χ3v) is 3.68. The van der Waals surface area contributed by atoms with Crippen LogP contribution in [-0.2, 0) is 22.7 Å². The van der Waals surface area contributed by atoms with Crippen LogP contribution < -0.4 is 11.1 Å². The van der Waals surface area contributed by atoms with Gasteiger partial charge in [0.05, 0.1) is 18.5 Å². The number of carbonyl (C=O) groups excluding carboxylic acids is 1. The number of anilines is 1. The number of hydrogen-bond acceptors (Lipinski definition) is 4. The highest BCUT2D eigenvalue weighted by atomic mass is 32.1. The van der Waals surface area contributed by atoms with Crippen LogP contribution in [0.15, 0.2) is 54.6 Å². The van der Waals surface area contributed by atoms with Gasteiger partial charge in [-0.1, -0.05) is 42.5 Å². The molecule has 0 unspecified atom stereocenters. The Bertz CT molecular complexity index is 757. The molecule has 5 nitrogen and oxygen atoms in total. The van der Waals surface area contributed by atoms with E-state index in [1.54, 1.807) is 5.06 Å². The highest BCUT2D eigenvalue weighted by molar-refractivity contribution is 7.80. The molecule has 0 heterocycles. The van der Waals surface area contributed by atoms with Crippen LogP contribution in [0.1, 0.15) is 31.9 Å². The third-order valence-electron chi connectivity index (χ3n) is 3.58. The molecular weight excluding hydrogens is 346 g/mol. The Morgan fingerprint density at radius 2 is 1.69 bits per heavy atom. The lowest BCUT2D eigenvalue weighted by Crippen LogP contribution is -2.33. The summed E-state index contributed by atoms with van der Waals surface area (Å²) in [6.07, 6.45) is 0. The van der Waals surface area contributed by atoms with Crippen LogP contribution >= 0.6 is 12.2 Å². The minimum Gasteiger partial charge on any atom is -0.376 e. The van der Waals surface area contributed by atoms with E-state index in [2.05, 4.69) is 5.32 Å². The molecule has 26 heavy (non-hydrogen) atoms. The number of rotatable bonds is 6. The average molecular weight is 372 g/mol. The Balaban J connectivity index is 2.17. The number of hydrogen-bond donors (Lipinski definition) is 2. The van der Waals surface area contributed by atoms with E-state index in [0.29, 0.717) is 13.1 Å². The van der Waals surface area contributed by atoms with E-state index in [4.69, 9.17) is 22.8 Å². The smallest absolute Gasteiger partial charge is 0.330 e. The Morgan fingerprint density at radius 1 is 1.08 bits per heavy atom. The summed E-state index contributed by atoms with van der Waals surface area (Å²) in [4.78, 5) is 18.0. The average Bonchev–Trinajstić information content (AvgIpc) is 2.54.